The van der Waals surface area contributed by atoms with Gasteiger partial charge in [-0.2, -0.15) is 0 Å². The van der Waals surface area contributed by atoms with Crippen LogP contribution in [-0.2, 0) is 5.41 Å². The van der Waals surface area contributed by atoms with Crippen molar-refractivity contribution >= 4 is 6.29 Å². The number of allylic oxidation sites excluding steroid dienone is 4. The Balaban J connectivity index is 1.70. The van der Waals surface area contributed by atoms with Gasteiger partial charge in [0.1, 0.15) is 6.29 Å². The number of rotatable bonds is 4. The average molecular weight is 425 g/mol. The van der Waals surface area contributed by atoms with Gasteiger partial charge in [0, 0.05) is 5.56 Å². The minimum Gasteiger partial charge on any atom is -0.298 e. The lowest BCUT2D eigenvalue weighted by molar-refractivity contribution is 0.112. The van der Waals surface area contributed by atoms with E-state index in [0.717, 1.165) is 18.3 Å². The number of benzene rings is 4. The molecule has 158 valence electrons. The molecule has 0 fully saturated rings. The van der Waals surface area contributed by atoms with Gasteiger partial charge in [0.2, 0.25) is 0 Å². The Kier molecular flexibility index (Phi) is 4.69. The summed E-state index contributed by atoms with van der Waals surface area (Å²) in [6, 6.07) is 34.5. The third kappa shape index (κ3) is 2.89. The zero-order valence-corrected chi connectivity index (χ0v) is 18.3. The van der Waals surface area contributed by atoms with Crippen LogP contribution in [0.3, 0.4) is 0 Å². The molecule has 0 N–H and O–H groups in total. The molecule has 0 spiro atoms. The summed E-state index contributed by atoms with van der Waals surface area (Å²) in [5.74, 6) is 0.319. The van der Waals surface area contributed by atoms with Gasteiger partial charge in [0.25, 0.3) is 0 Å². The Bertz CT molecular complexity index is 1390. The van der Waals surface area contributed by atoms with Gasteiger partial charge in [-0.25, -0.2) is 0 Å². The smallest absolute Gasteiger partial charge is 0.150 e. The van der Waals surface area contributed by atoms with Gasteiger partial charge in [-0.15, -0.1) is 0 Å². The Morgan fingerprint density at radius 2 is 1.42 bits per heavy atom. The van der Waals surface area contributed by atoms with Crippen LogP contribution >= 0.6 is 0 Å². The van der Waals surface area contributed by atoms with Gasteiger partial charge in [0.05, 0.1) is 5.41 Å². The SMILES string of the molecule is O=Cc1ccc(-c2cccc3c2-c2ccccc2C3(c2ccccc2)C2C=CC=CC2)cc1. The number of carbonyl (C=O) groups is 1. The summed E-state index contributed by atoms with van der Waals surface area (Å²) in [6.45, 7) is 0. The lowest BCUT2D eigenvalue weighted by atomic mass is 9.62. The first-order valence-corrected chi connectivity index (χ1v) is 11.5. The summed E-state index contributed by atoms with van der Waals surface area (Å²) < 4.78 is 0. The van der Waals surface area contributed by atoms with Crippen molar-refractivity contribution in [3.63, 3.8) is 0 Å². The third-order valence-corrected chi connectivity index (χ3v) is 7.23. The Morgan fingerprint density at radius 3 is 2.18 bits per heavy atom. The van der Waals surface area contributed by atoms with Crippen LogP contribution in [0.4, 0.5) is 0 Å². The zero-order valence-electron chi connectivity index (χ0n) is 18.3. The van der Waals surface area contributed by atoms with Crippen LogP contribution < -0.4 is 0 Å². The summed E-state index contributed by atoms with van der Waals surface area (Å²) in [5, 5.41) is 0. The second-order valence-electron chi connectivity index (χ2n) is 8.84. The second kappa shape index (κ2) is 7.86. The van der Waals surface area contributed by atoms with Crippen LogP contribution in [0.15, 0.2) is 121 Å². The summed E-state index contributed by atoms with van der Waals surface area (Å²) in [7, 11) is 0. The van der Waals surface area contributed by atoms with E-state index in [1.807, 2.05) is 12.1 Å². The molecule has 0 radical (unpaired) electrons. The minimum atomic E-state index is -0.257. The maximum Gasteiger partial charge on any atom is 0.150 e. The molecule has 33 heavy (non-hydrogen) atoms. The highest BCUT2D eigenvalue weighted by atomic mass is 16.1. The van der Waals surface area contributed by atoms with E-state index in [0.29, 0.717) is 11.5 Å². The summed E-state index contributed by atoms with van der Waals surface area (Å²) in [4.78, 5) is 11.2. The predicted octanol–water partition coefficient (Wildman–Crippen LogP) is 7.61. The molecule has 4 aromatic carbocycles. The molecular weight excluding hydrogens is 400 g/mol. The quantitative estimate of drug-likeness (QED) is 0.308. The molecule has 1 nitrogen and oxygen atoms in total. The Hall–Kier alpha value is -3.97. The molecule has 0 saturated heterocycles. The van der Waals surface area contributed by atoms with Crippen molar-refractivity contribution in [1.82, 2.24) is 0 Å². The number of aldehydes is 1. The second-order valence-corrected chi connectivity index (χ2v) is 8.84. The van der Waals surface area contributed by atoms with Crippen molar-refractivity contribution in [3.05, 3.63) is 144 Å². The monoisotopic (exact) mass is 424 g/mol. The molecule has 4 aromatic rings. The average Bonchev–Trinajstić information content (AvgIpc) is 3.21. The zero-order chi connectivity index (χ0) is 22.3. The van der Waals surface area contributed by atoms with E-state index in [1.165, 1.54) is 33.4 Å². The van der Waals surface area contributed by atoms with Crippen LogP contribution in [0.5, 0.6) is 0 Å². The maximum absolute atomic E-state index is 11.2. The van der Waals surface area contributed by atoms with Crippen molar-refractivity contribution in [2.75, 3.05) is 0 Å². The summed E-state index contributed by atoms with van der Waals surface area (Å²) in [6.07, 6.45) is 10.9. The minimum absolute atomic E-state index is 0.257. The van der Waals surface area contributed by atoms with Gasteiger partial charge in [-0.1, -0.05) is 121 Å². The fourth-order valence-electron chi connectivity index (χ4n) is 5.87. The van der Waals surface area contributed by atoms with Crippen molar-refractivity contribution in [2.24, 2.45) is 5.92 Å². The highest BCUT2D eigenvalue weighted by Gasteiger charge is 2.49. The van der Waals surface area contributed by atoms with Crippen molar-refractivity contribution < 1.29 is 4.79 Å². The first-order chi connectivity index (χ1) is 16.3. The fraction of sp³-hybridized carbons (Fsp3) is 0.0938. The molecule has 0 amide bonds. The number of hydrogen-bond donors (Lipinski definition) is 0. The third-order valence-electron chi connectivity index (χ3n) is 7.23. The molecular formula is C32H24O. The molecule has 2 unspecified atom stereocenters. The van der Waals surface area contributed by atoms with Crippen molar-refractivity contribution in [1.29, 1.82) is 0 Å². The number of hydrogen-bond acceptors (Lipinski definition) is 1. The summed E-state index contributed by atoms with van der Waals surface area (Å²) >= 11 is 0. The van der Waals surface area contributed by atoms with E-state index < -0.39 is 0 Å². The first-order valence-electron chi connectivity index (χ1n) is 11.5. The van der Waals surface area contributed by atoms with Gasteiger partial charge in [0.15, 0.2) is 0 Å². The van der Waals surface area contributed by atoms with Crippen molar-refractivity contribution in [2.45, 2.75) is 11.8 Å². The van der Waals surface area contributed by atoms with E-state index in [1.54, 1.807) is 0 Å². The molecule has 0 saturated carbocycles. The lowest BCUT2D eigenvalue weighted by Gasteiger charge is -2.39. The van der Waals surface area contributed by atoms with E-state index in [4.69, 9.17) is 0 Å². The van der Waals surface area contributed by atoms with E-state index >= 15 is 0 Å². The van der Waals surface area contributed by atoms with Crippen LogP contribution in [0.25, 0.3) is 22.3 Å². The molecule has 2 aliphatic rings. The Morgan fingerprint density at radius 1 is 0.697 bits per heavy atom. The highest BCUT2D eigenvalue weighted by molar-refractivity contribution is 5.94. The number of carbonyl (C=O) groups excluding carboxylic acids is 1. The molecule has 2 atom stereocenters. The highest BCUT2D eigenvalue weighted by Crippen LogP contribution is 2.59. The van der Waals surface area contributed by atoms with Crippen LogP contribution in [0.2, 0.25) is 0 Å². The van der Waals surface area contributed by atoms with Gasteiger partial charge < -0.3 is 0 Å². The van der Waals surface area contributed by atoms with E-state index in [2.05, 4.69) is 109 Å². The summed E-state index contributed by atoms with van der Waals surface area (Å²) in [5.41, 5.74) is 9.45. The van der Waals surface area contributed by atoms with E-state index in [-0.39, 0.29) is 5.41 Å². The molecule has 0 aliphatic heterocycles. The van der Waals surface area contributed by atoms with Gasteiger partial charge >= 0.3 is 0 Å². The molecule has 2 aliphatic carbocycles. The molecule has 6 rings (SSSR count). The van der Waals surface area contributed by atoms with Crippen LogP contribution in [0, 0.1) is 5.92 Å². The standard InChI is InChI=1S/C32H24O/c33-22-23-18-20-24(21-19-23)27-15-9-17-30-31(27)28-14-7-8-16-29(28)32(30,25-10-3-1-4-11-25)26-12-5-2-6-13-26/h1-12,14-22,26H,13H2. The first kappa shape index (κ1) is 19.7. The molecule has 0 aromatic heterocycles. The van der Waals surface area contributed by atoms with E-state index in [9.17, 15) is 4.79 Å². The Labute approximate surface area is 194 Å². The van der Waals surface area contributed by atoms with Gasteiger partial charge in [-0.3, -0.25) is 4.79 Å². The van der Waals surface area contributed by atoms with Crippen LogP contribution in [-0.4, -0.2) is 6.29 Å². The number of fused-ring (bicyclic) bond motifs is 3. The molecule has 1 heteroatoms. The van der Waals surface area contributed by atoms with Crippen molar-refractivity contribution in [3.8, 4) is 22.3 Å². The fourth-order valence-corrected chi connectivity index (χ4v) is 5.87. The van der Waals surface area contributed by atoms with Gasteiger partial charge in [-0.05, 0) is 51.3 Å². The molecule has 0 bridgehead atoms. The van der Waals surface area contributed by atoms with Crippen LogP contribution in [0.1, 0.15) is 33.5 Å². The topological polar surface area (TPSA) is 17.1 Å². The normalized spacial score (nSPS) is 20.3. The predicted molar refractivity (Wildman–Crippen MR) is 135 cm³/mol. The maximum atomic E-state index is 11.2. The largest absolute Gasteiger partial charge is 0.298 e. The molecule has 0 heterocycles. The lowest BCUT2D eigenvalue weighted by Crippen LogP contribution is -2.35.